The highest BCUT2D eigenvalue weighted by atomic mass is 19.1. The zero-order chi connectivity index (χ0) is 20.6. The van der Waals surface area contributed by atoms with Gasteiger partial charge in [0.05, 0.1) is 12.1 Å². The number of carbonyl (C=O) groups excluding carboxylic acids is 1. The SMILES string of the molecule is Cc1nccn1CCCC(=O)N1CCC[C@H]2[C@@H]1CC(C)(C)N2c1cccc(F)c1. The van der Waals surface area contributed by atoms with Gasteiger partial charge in [0, 0.05) is 43.1 Å². The van der Waals surface area contributed by atoms with Gasteiger partial charge in [-0.3, -0.25) is 4.79 Å². The van der Waals surface area contributed by atoms with Crippen molar-refractivity contribution in [2.45, 2.75) is 77.0 Å². The van der Waals surface area contributed by atoms with E-state index >= 15 is 0 Å². The van der Waals surface area contributed by atoms with Gasteiger partial charge in [0.2, 0.25) is 5.91 Å². The third kappa shape index (κ3) is 3.89. The molecule has 1 aromatic heterocycles. The fourth-order valence-corrected chi connectivity index (χ4v) is 5.30. The second-order valence-electron chi connectivity index (χ2n) is 9.00. The average molecular weight is 399 g/mol. The Labute approximate surface area is 172 Å². The summed E-state index contributed by atoms with van der Waals surface area (Å²) in [4.78, 5) is 21.8. The van der Waals surface area contributed by atoms with E-state index in [4.69, 9.17) is 0 Å². The van der Waals surface area contributed by atoms with Gasteiger partial charge in [-0.05, 0) is 64.7 Å². The first-order valence-electron chi connectivity index (χ1n) is 10.7. The number of aryl methyl sites for hydroxylation is 2. The fraction of sp³-hybridized carbons (Fsp3) is 0.565. The van der Waals surface area contributed by atoms with Gasteiger partial charge in [0.25, 0.3) is 0 Å². The molecule has 4 rings (SSSR count). The molecule has 1 aromatic carbocycles. The quantitative estimate of drug-likeness (QED) is 0.759. The lowest BCUT2D eigenvalue weighted by Gasteiger charge is -2.42. The first kappa shape index (κ1) is 19.9. The summed E-state index contributed by atoms with van der Waals surface area (Å²) in [5, 5.41) is 0. The number of imidazole rings is 1. The number of carbonyl (C=O) groups is 1. The van der Waals surface area contributed by atoms with E-state index in [2.05, 4.69) is 33.2 Å². The van der Waals surface area contributed by atoms with Crippen molar-refractivity contribution in [1.82, 2.24) is 14.5 Å². The van der Waals surface area contributed by atoms with Crippen molar-refractivity contribution in [3.63, 3.8) is 0 Å². The topological polar surface area (TPSA) is 41.4 Å². The molecule has 2 fully saturated rings. The number of benzene rings is 1. The highest BCUT2D eigenvalue weighted by Crippen LogP contribution is 2.43. The molecule has 6 heteroatoms. The van der Waals surface area contributed by atoms with Crippen molar-refractivity contribution < 1.29 is 9.18 Å². The summed E-state index contributed by atoms with van der Waals surface area (Å²) >= 11 is 0. The standard InChI is InChI=1S/C23H31FN4O/c1-17-25-11-14-26(17)12-6-10-22(29)27-13-5-9-20-21(27)16-23(2,3)28(20)19-8-4-7-18(24)15-19/h4,7-8,11,14-15,20-21H,5-6,9-10,12-13,16H2,1-3H3/t20-,21-/m0/s1. The second-order valence-corrected chi connectivity index (χ2v) is 9.00. The molecule has 29 heavy (non-hydrogen) atoms. The number of piperidine rings is 1. The summed E-state index contributed by atoms with van der Waals surface area (Å²) < 4.78 is 16.0. The van der Waals surface area contributed by atoms with E-state index in [1.165, 1.54) is 6.07 Å². The zero-order valence-electron chi connectivity index (χ0n) is 17.6. The van der Waals surface area contributed by atoms with Crippen LogP contribution in [0.2, 0.25) is 0 Å². The number of likely N-dealkylation sites (tertiary alicyclic amines) is 1. The maximum absolute atomic E-state index is 13.9. The van der Waals surface area contributed by atoms with E-state index in [1.54, 1.807) is 18.3 Å². The van der Waals surface area contributed by atoms with Crippen LogP contribution in [0, 0.1) is 12.7 Å². The third-order valence-electron chi connectivity index (χ3n) is 6.56. The van der Waals surface area contributed by atoms with E-state index < -0.39 is 0 Å². The number of nitrogens with zero attached hydrogens (tertiary/aromatic N) is 4. The van der Waals surface area contributed by atoms with Crippen LogP contribution in [0.4, 0.5) is 10.1 Å². The molecule has 3 heterocycles. The summed E-state index contributed by atoms with van der Waals surface area (Å²) in [6.07, 6.45) is 8.10. The molecule has 2 atom stereocenters. The molecule has 0 saturated carbocycles. The lowest BCUT2D eigenvalue weighted by molar-refractivity contribution is -0.135. The number of anilines is 1. The van der Waals surface area contributed by atoms with Crippen molar-refractivity contribution in [2.24, 2.45) is 0 Å². The van der Waals surface area contributed by atoms with E-state index in [1.807, 2.05) is 19.2 Å². The Bertz CT molecular complexity index is 877. The number of amides is 1. The van der Waals surface area contributed by atoms with Crippen LogP contribution in [0.15, 0.2) is 36.7 Å². The normalized spacial score (nSPS) is 23.3. The molecule has 0 bridgehead atoms. The second kappa shape index (κ2) is 7.81. The first-order chi connectivity index (χ1) is 13.9. The van der Waals surface area contributed by atoms with Crippen LogP contribution in [-0.2, 0) is 11.3 Å². The van der Waals surface area contributed by atoms with E-state index in [0.29, 0.717) is 6.42 Å². The molecule has 0 N–H and O–H groups in total. The summed E-state index contributed by atoms with van der Waals surface area (Å²) in [6, 6.07) is 7.32. The molecule has 2 aromatic rings. The summed E-state index contributed by atoms with van der Waals surface area (Å²) in [6.45, 7) is 8.05. The zero-order valence-corrected chi connectivity index (χ0v) is 17.6. The molecule has 0 aliphatic carbocycles. The lowest BCUT2D eigenvalue weighted by Crippen LogP contribution is -2.52. The predicted molar refractivity (Wildman–Crippen MR) is 112 cm³/mol. The molecule has 1 amide bonds. The van der Waals surface area contributed by atoms with Gasteiger partial charge in [-0.15, -0.1) is 0 Å². The molecule has 2 aliphatic heterocycles. The minimum absolute atomic E-state index is 0.111. The van der Waals surface area contributed by atoms with Crippen LogP contribution in [-0.4, -0.2) is 44.5 Å². The number of aromatic nitrogens is 2. The van der Waals surface area contributed by atoms with Gasteiger partial charge >= 0.3 is 0 Å². The smallest absolute Gasteiger partial charge is 0.222 e. The van der Waals surface area contributed by atoms with Crippen molar-refractivity contribution in [2.75, 3.05) is 11.4 Å². The molecule has 2 aliphatic rings. The predicted octanol–water partition coefficient (Wildman–Crippen LogP) is 4.16. The molecule has 0 spiro atoms. The van der Waals surface area contributed by atoms with Crippen molar-refractivity contribution in [1.29, 1.82) is 0 Å². The minimum atomic E-state index is -0.208. The van der Waals surface area contributed by atoms with Crippen molar-refractivity contribution >= 4 is 11.6 Å². The Hall–Kier alpha value is -2.37. The Kier molecular flexibility index (Phi) is 5.36. The van der Waals surface area contributed by atoms with Gasteiger partial charge in [0.15, 0.2) is 0 Å². The monoisotopic (exact) mass is 398 g/mol. The maximum Gasteiger partial charge on any atom is 0.222 e. The fourth-order valence-electron chi connectivity index (χ4n) is 5.30. The van der Waals surface area contributed by atoms with Crippen LogP contribution >= 0.6 is 0 Å². The number of fused-ring (bicyclic) bond motifs is 1. The highest BCUT2D eigenvalue weighted by molar-refractivity contribution is 5.77. The summed E-state index contributed by atoms with van der Waals surface area (Å²) in [5.41, 5.74) is 0.812. The van der Waals surface area contributed by atoms with E-state index in [0.717, 1.165) is 50.3 Å². The minimum Gasteiger partial charge on any atom is -0.361 e. The van der Waals surface area contributed by atoms with E-state index in [-0.39, 0.29) is 29.3 Å². The molecule has 0 unspecified atom stereocenters. The van der Waals surface area contributed by atoms with Gasteiger partial charge in [-0.25, -0.2) is 9.37 Å². The first-order valence-corrected chi connectivity index (χ1v) is 10.7. The number of rotatable bonds is 5. The molecular weight excluding hydrogens is 367 g/mol. The number of hydrogen-bond donors (Lipinski definition) is 0. The van der Waals surface area contributed by atoms with E-state index in [9.17, 15) is 9.18 Å². The highest BCUT2D eigenvalue weighted by Gasteiger charge is 2.50. The Morgan fingerprint density at radius 1 is 1.31 bits per heavy atom. The van der Waals surface area contributed by atoms with Gasteiger partial charge in [-0.2, -0.15) is 0 Å². The molecule has 5 nitrogen and oxygen atoms in total. The van der Waals surface area contributed by atoms with Crippen LogP contribution in [0.3, 0.4) is 0 Å². The molecule has 0 radical (unpaired) electrons. The number of halogens is 1. The van der Waals surface area contributed by atoms with Crippen LogP contribution in [0.1, 0.15) is 51.8 Å². The van der Waals surface area contributed by atoms with Gasteiger partial charge in [0.1, 0.15) is 11.6 Å². The van der Waals surface area contributed by atoms with Gasteiger partial charge in [-0.1, -0.05) is 6.07 Å². The van der Waals surface area contributed by atoms with Crippen LogP contribution in [0.25, 0.3) is 0 Å². The Morgan fingerprint density at radius 3 is 2.86 bits per heavy atom. The average Bonchev–Trinajstić information content (AvgIpc) is 3.19. The number of hydrogen-bond acceptors (Lipinski definition) is 3. The van der Waals surface area contributed by atoms with Crippen molar-refractivity contribution in [3.05, 3.63) is 48.3 Å². The maximum atomic E-state index is 13.9. The van der Waals surface area contributed by atoms with Crippen LogP contribution < -0.4 is 4.90 Å². The molecule has 156 valence electrons. The van der Waals surface area contributed by atoms with Crippen molar-refractivity contribution in [3.8, 4) is 0 Å². The summed E-state index contributed by atoms with van der Waals surface area (Å²) in [5.74, 6) is 1.02. The molecular formula is C23H31FN4O. The Balaban J connectivity index is 1.46. The van der Waals surface area contributed by atoms with Gasteiger partial charge < -0.3 is 14.4 Å². The molecule has 2 saturated heterocycles. The largest absolute Gasteiger partial charge is 0.361 e. The lowest BCUT2D eigenvalue weighted by atomic mass is 9.93. The third-order valence-corrected chi connectivity index (χ3v) is 6.56. The van der Waals surface area contributed by atoms with Crippen LogP contribution in [0.5, 0.6) is 0 Å². The summed E-state index contributed by atoms with van der Waals surface area (Å²) in [7, 11) is 0. The Morgan fingerprint density at radius 2 is 2.14 bits per heavy atom.